The fourth-order valence-corrected chi connectivity index (χ4v) is 1.10. The van der Waals surface area contributed by atoms with E-state index in [1.807, 2.05) is 0 Å². The first-order valence-electron chi connectivity index (χ1n) is 4.79. The van der Waals surface area contributed by atoms with Crippen LogP contribution in [0.1, 0.15) is 15.9 Å². The minimum Gasteiger partial charge on any atom is -0.478 e. The molecule has 3 N–H and O–H groups in total. The minimum absolute atomic E-state index is 0.205. The van der Waals surface area contributed by atoms with Crippen LogP contribution >= 0.6 is 0 Å². The summed E-state index contributed by atoms with van der Waals surface area (Å²) in [6.07, 6.45) is 0. The van der Waals surface area contributed by atoms with Crippen molar-refractivity contribution in [2.45, 2.75) is 6.54 Å². The Kier molecular flexibility index (Phi) is 2.82. The Morgan fingerprint density at radius 1 is 1.47 bits per heavy atom. The highest BCUT2D eigenvalue weighted by Gasteiger charge is 2.05. The number of carbonyl (C=O) groups excluding carboxylic acids is 1. The molecule has 0 saturated carbocycles. The first-order chi connectivity index (χ1) is 7.54. The molecule has 80 valence electrons. The van der Waals surface area contributed by atoms with Crippen molar-refractivity contribution in [3.63, 3.8) is 0 Å². The summed E-state index contributed by atoms with van der Waals surface area (Å²) in [6.45, 7) is 0.324. The summed E-state index contributed by atoms with van der Waals surface area (Å²) >= 11 is 0. The van der Waals surface area contributed by atoms with Gasteiger partial charge < -0.3 is 15.7 Å². The number of hydrogen-bond acceptors (Lipinski definition) is 2. The van der Waals surface area contributed by atoms with Crippen molar-refractivity contribution in [1.29, 1.82) is 0 Å². The van der Waals surface area contributed by atoms with Gasteiger partial charge in [0.2, 0.25) is 0 Å². The summed E-state index contributed by atoms with van der Waals surface area (Å²) in [4.78, 5) is 22.9. The molecule has 5 heteroatoms. The summed E-state index contributed by atoms with van der Waals surface area (Å²) in [5, 5.41) is 8.68. The van der Waals surface area contributed by atoms with Crippen molar-refractivity contribution in [1.82, 2.24) is 4.90 Å². The zero-order valence-electron chi connectivity index (χ0n) is 9.23. The Labute approximate surface area is 88.6 Å². The molecule has 0 saturated heterocycles. The molecule has 5 nitrogen and oxygen atoms in total. The van der Waals surface area contributed by atoms with E-state index >= 15 is 0 Å². The lowest BCUT2D eigenvalue weighted by Gasteiger charge is -2.13. The van der Waals surface area contributed by atoms with E-state index in [1.165, 1.54) is 17.0 Å². The van der Waals surface area contributed by atoms with Gasteiger partial charge in [-0.2, -0.15) is 0 Å². The monoisotopic (exact) mass is 209 g/mol. The van der Waals surface area contributed by atoms with Crippen molar-refractivity contribution in [3.05, 3.63) is 35.4 Å². The standard InChI is InChI=1S/C10H12N2O3/c1-12(10(11)15)6-7-2-4-8(5-3-7)9(13)14/h2-5H,6H2,1H3,(H2,11,15)(H,13,14)/i/hD. The number of benzene rings is 1. The van der Waals surface area contributed by atoms with Gasteiger partial charge in [-0.25, -0.2) is 9.59 Å². The molecule has 0 aromatic heterocycles. The van der Waals surface area contributed by atoms with E-state index in [0.717, 1.165) is 5.56 Å². The Balaban J connectivity index is 2.68. The van der Waals surface area contributed by atoms with E-state index in [4.69, 9.17) is 6.52 Å². The molecule has 0 bridgehead atoms. The molecule has 0 aliphatic heterocycles. The zero-order chi connectivity index (χ0) is 12.1. The molecule has 1 rings (SSSR count). The van der Waals surface area contributed by atoms with Crippen LogP contribution in [0.4, 0.5) is 4.79 Å². The first kappa shape index (κ1) is 9.51. The van der Waals surface area contributed by atoms with Gasteiger partial charge in [-0.3, -0.25) is 0 Å². The minimum atomic E-state index is -0.983. The number of hydrogen-bond donors (Lipinski definition) is 2. The molecule has 15 heavy (non-hydrogen) atoms. The Morgan fingerprint density at radius 3 is 2.53 bits per heavy atom. The van der Waals surface area contributed by atoms with Gasteiger partial charge >= 0.3 is 12.0 Å². The summed E-state index contributed by atoms with van der Waals surface area (Å²) in [5.74, 6) is -0.983. The first-order valence-corrected chi connectivity index (χ1v) is 4.29. The van der Waals surface area contributed by atoms with E-state index in [2.05, 4.69) is 0 Å². The van der Waals surface area contributed by atoms with Crippen LogP contribution in [-0.4, -0.2) is 29.1 Å². The summed E-state index contributed by atoms with van der Waals surface area (Å²) in [7, 11) is 1.55. The molecule has 0 spiro atoms. The molecule has 0 unspecified atom stereocenters. The average Bonchev–Trinajstić information content (AvgIpc) is 2.28. The van der Waals surface area contributed by atoms with E-state index in [-0.39, 0.29) is 5.56 Å². The van der Waals surface area contributed by atoms with Crippen molar-refractivity contribution in [2.24, 2.45) is 5.73 Å². The fraction of sp³-hybridized carbons (Fsp3) is 0.200. The van der Waals surface area contributed by atoms with Crippen LogP contribution in [0.2, 0.25) is 1.41 Å². The third-order valence-corrected chi connectivity index (χ3v) is 1.97. The van der Waals surface area contributed by atoms with E-state index in [9.17, 15) is 9.59 Å². The van der Waals surface area contributed by atoms with Crippen molar-refractivity contribution in [2.75, 3.05) is 7.05 Å². The smallest absolute Gasteiger partial charge is 0.335 e. The lowest BCUT2D eigenvalue weighted by Crippen LogP contribution is -2.31. The fourth-order valence-electron chi connectivity index (χ4n) is 1.10. The predicted octanol–water partition coefficient (Wildman–Crippen LogP) is 0.895. The molecule has 1 aromatic rings. The molecule has 0 radical (unpaired) electrons. The Morgan fingerprint density at radius 2 is 2.07 bits per heavy atom. The van der Waals surface area contributed by atoms with Gasteiger partial charge in [-0.05, 0) is 17.7 Å². The van der Waals surface area contributed by atoms with Gasteiger partial charge in [0.1, 0.15) is 0 Å². The Hall–Kier alpha value is -2.04. The quantitative estimate of drug-likeness (QED) is 0.775. The Bertz CT molecular complexity index is 392. The lowest BCUT2D eigenvalue weighted by molar-refractivity contribution is 0.0697. The molecular weight excluding hydrogens is 196 g/mol. The maximum absolute atomic E-state index is 11.0. The average molecular weight is 209 g/mol. The highest BCUT2D eigenvalue weighted by molar-refractivity contribution is 5.87. The van der Waals surface area contributed by atoms with E-state index < -0.39 is 12.0 Å². The summed E-state index contributed by atoms with van der Waals surface area (Å²) in [5.41, 5.74) is 2.76. The van der Waals surface area contributed by atoms with Gasteiger partial charge in [-0.1, -0.05) is 12.1 Å². The number of urea groups is 1. The SMILES string of the molecule is [2H]NC(=O)N(C)Cc1ccc(C(=O)O)cc1. The number of nitrogens with two attached hydrogens (primary N) is 1. The predicted molar refractivity (Wildman–Crippen MR) is 54.5 cm³/mol. The number of amides is 2. The largest absolute Gasteiger partial charge is 0.478 e. The van der Waals surface area contributed by atoms with Gasteiger partial charge in [-0.15, -0.1) is 0 Å². The topological polar surface area (TPSA) is 83.6 Å². The molecule has 0 aliphatic carbocycles. The third kappa shape index (κ3) is 2.98. The third-order valence-electron chi connectivity index (χ3n) is 1.97. The molecule has 0 heterocycles. The van der Waals surface area contributed by atoms with Crippen LogP contribution in [0.25, 0.3) is 0 Å². The molecular formula is C10H12N2O3. The second-order valence-electron chi connectivity index (χ2n) is 3.16. The van der Waals surface area contributed by atoms with Gasteiger partial charge in [0.25, 0.3) is 0 Å². The molecule has 0 atom stereocenters. The number of carboxylic acid groups (broad SMARTS) is 1. The molecule has 0 aliphatic rings. The second-order valence-corrected chi connectivity index (χ2v) is 3.16. The highest BCUT2D eigenvalue weighted by atomic mass is 16.4. The normalized spacial score (nSPS) is 10.3. The second kappa shape index (κ2) is 4.45. The molecule has 1 aromatic carbocycles. The van der Waals surface area contributed by atoms with Gasteiger partial charge in [0.05, 0.1) is 5.56 Å². The van der Waals surface area contributed by atoms with E-state index in [0.29, 0.717) is 6.54 Å². The summed E-state index contributed by atoms with van der Waals surface area (Å²) in [6, 6.07) is 5.71. The van der Waals surface area contributed by atoms with Crippen LogP contribution in [0, 0.1) is 0 Å². The zero-order valence-corrected chi connectivity index (χ0v) is 8.23. The van der Waals surface area contributed by atoms with Crippen LogP contribution in [0.5, 0.6) is 0 Å². The number of rotatable bonds is 3. The number of nitrogens with zero attached hydrogens (tertiary/aromatic N) is 1. The van der Waals surface area contributed by atoms with Crippen LogP contribution in [-0.2, 0) is 6.54 Å². The maximum atomic E-state index is 11.0. The van der Waals surface area contributed by atoms with Gasteiger partial charge in [0.15, 0.2) is 1.41 Å². The lowest BCUT2D eigenvalue weighted by atomic mass is 10.1. The molecule has 0 fully saturated rings. The van der Waals surface area contributed by atoms with E-state index in [1.54, 1.807) is 24.9 Å². The van der Waals surface area contributed by atoms with Crippen molar-refractivity contribution >= 4 is 12.0 Å². The van der Waals surface area contributed by atoms with Crippen molar-refractivity contribution in [3.8, 4) is 0 Å². The van der Waals surface area contributed by atoms with Crippen LogP contribution in [0.15, 0.2) is 24.3 Å². The van der Waals surface area contributed by atoms with Crippen LogP contribution in [0.3, 0.4) is 0 Å². The van der Waals surface area contributed by atoms with Crippen molar-refractivity contribution < 1.29 is 16.1 Å². The number of carbonyl (C=O) groups is 2. The van der Waals surface area contributed by atoms with Crippen LogP contribution < -0.4 is 5.73 Å². The number of carboxylic acids is 1. The highest BCUT2D eigenvalue weighted by Crippen LogP contribution is 2.06. The number of primary amides is 1. The number of aromatic carboxylic acids is 1. The molecule has 2 amide bonds. The maximum Gasteiger partial charge on any atom is 0.335 e. The summed E-state index contributed by atoms with van der Waals surface area (Å²) < 4.78 is 6.68. The van der Waals surface area contributed by atoms with Gasteiger partial charge in [0, 0.05) is 13.6 Å².